The fraction of sp³-hybridized carbons (Fsp3) is 0.350. The summed E-state index contributed by atoms with van der Waals surface area (Å²) >= 11 is 0. The van der Waals surface area contributed by atoms with Crippen LogP contribution in [0, 0.1) is 16.0 Å². The third kappa shape index (κ3) is 4.23. The molecule has 0 heterocycles. The number of sulfonamides is 1. The summed E-state index contributed by atoms with van der Waals surface area (Å²) in [6.45, 7) is 1.86. The van der Waals surface area contributed by atoms with Crippen molar-refractivity contribution < 1.29 is 18.1 Å². The minimum absolute atomic E-state index is 0.167. The molecule has 2 aromatic carbocycles. The summed E-state index contributed by atoms with van der Waals surface area (Å²) in [5, 5.41) is 14.7. The van der Waals surface area contributed by atoms with Gasteiger partial charge in [0.15, 0.2) is 0 Å². The molecule has 0 aliphatic heterocycles. The second-order valence-electron chi connectivity index (χ2n) is 7.13. The second kappa shape index (κ2) is 8.70. The van der Waals surface area contributed by atoms with Crippen molar-refractivity contribution in [3.8, 4) is 0 Å². The monoisotopic (exact) mass is 432 g/mol. The minimum atomic E-state index is -4.00. The number of nitro benzene ring substituents is 1. The van der Waals surface area contributed by atoms with Crippen molar-refractivity contribution in [2.24, 2.45) is 11.7 Å². The van der Waals surface area contributed by atoms with Crippen molar-refractivity contribution in [2.75, 3.05) is 16.2 Å². The first-order valence-electron chi connectivity index (χ1n) is 9.67. The molecule has 1 aliphatic rings. The summed E-state index contributed by atoms with van der Waals surface area (Å²) in [5.41, 5.74) is 5.70. The van der Waals surface area contributed by atoms with Crippen LogP contribution >= 0.6 is 0 Å². The van der Waals surface area contributed by atoms with Crippen molar-refractivity contribution in [3.63, 3.8) is 0 Å². The van der Waals surface area contributed by atoms with E-state index in [-0.39, 0.29) is 28.9 Å². The molecule has 2 aromatic rings. The Morgan fingerprint density at radius 3 is 2.53 bits per heavy atom. The van der Waals surface area contributed by atoms with Gasteiger partial charge in [0.1, 0.15) is 5.69 Å². The van der Waals surface area contributed by atoms with Crippen LogP contribution in [-0.4, -0.2) is 31.8 Å². The molecular formula is C20H24N4O5S. The Bertz CT molecular complexity index is 1040. The lowest BCUT2D eigenvalue weighted by Gasteiger charge is -2.23. The van der Waals surface area contributed by atoms with Gasteiger partial charge >= 0.3 is 0 Å². The number of anilines is 2. The first kappa shape index (κ1) is 21.6. The van der Waals surface area contributed by atoms with Crippen molar-refractivity contribution in [2.45, 2.75) is 37.1 Å². The predicted octanol–water partition coefficient (Wildman–Crippen LogP) is 2.88. The van der Waals surface area contributed by atoms with Crippen molar-refractivity contribution in [3.05, 3.63) is 58.6 Å². The molecule has 0 aromatic heterocycles. The smallest absolute Gasteiger partial charge is 0.293 e. The summed E-state index contributed by atoms with van der Waals surface area (Å²) in [6, 6.07) is 12.0. The molecule has 0 spiro atoms. The van der Waals surface area contributed by atoms with Crippen LogP contribution in [0.3, 0.4) is 0 Å². The van der Waals surface area contributed by atoms with Gasteiger partial charge in [0, 0.05) is 18.7 Å². The van der Waals surface area contributed by atoms with Gasteiger partial charge in [-0.05, 0) is 44.0 Å². The molecule has 0 radical (unpaired) electrons. The highest BCUT2D eigenvalue weighted by atomic mass is 32.2. The maximum absolute atomic E-state index is 13.2. The lowest BCUT2D eigenvalue weighted by molar-refractivity contribution is -0.384. The van der Waals surface area contributed by atoms with Gasteiger partial charge in [0.2, 0.25) is 5.91 Å². The molecule has 9 nitrogen and oxygen atoms in total. The molecule has 0 bridgehead atoms. The number of rotatable bonds is 8. The van der Waals surface area contributed by atoms with Gasteiger partial charge in [0.05, 0.1) is 21.4 Å². The topological polar surface area (TPSA) is 136 Å². The SMILES string of the molecule is CCN(c1ccccc1)S(=O)(=O)c1ccc(NC2CCCC2C(N)=O)c([N+](=O)[O-])c1. The van der Waals surface area contributed by atoms with E-state index in [4.69, 9.17) is 5.73 Å². The summed E-state index contributed by atoms with van der Waals surface area (Å²) in [7, 11) is -4.00. The summed E-state index contributed by atoms with van der Waals surface area (Å²) in [6.07, 6.45) is 2.06. The Hall–Kier alpha value is -3.14. The number of para-hydroxylation sites is 1. The zero-order valence-electron chi connectivity index (χ0n) is 16.5. The van der Waals surface area contributed by atoms with Crippen molar-refractivity contribution >= 4 is 33.0 Å². The fourth-order valence-corrected chi connectivity index (χ4v) is 5.33. The van der Waals surface area contributed by atoms with E-state index in [0.29, 0.717) is 18.5 Å². The molecule has 1 amide bonds. The highest BCUT2D eigenvalue weighted by Gasteiger charge is 2.33. The van der Waals surface area contributed by atoms with E-state index in [9.17, 15) is 23.3 Å². The number of nitrogens with zero attached hydrogens (tertiary/aromatic N) is 2. The fourth-order valence-electron chi connectivity index (χ4n) is 3.83. The van der Waals surface area contributed by atoms with Crippen LogP contribution in [-0.2, 0) is 14.8 Å². The molecule has 10 heteroatoms. The zero-order valence-corrected chi connectivity index (χ0v) is 17.3. The van der Waals surface area contributed by atoms with Gasteiger partial charge in [0.25, 0.3) is 15.7 Å². The van der Waals surface area contributed by atoms with E-state index in [2.05, 4.69) is 5.32 Å². The third-order valence-electron chi connectivity index (χ3n) is 5.31. The average Bonchev–Trinajstić information content (AvgIpc) is 3.17. The summed E-state index contributed by atoms with van der Waals surface area (Å²) in [4.78, 5) is 22.5. The zero-order chi connectivity index (χ0) is 21.9. The van der Waals surface area contributed by atoms with E-state index in [1.807, 2.05) is 0 Å². The van der Waals surface area contributed by atoms with Crippen LogP contribution in [0.2, 0.25) is 0 Å². The number of nitrogens with one attached hydrogen (secondary N) is 1. The van der Waals surface area contributed by atoms with Gasteiger partial charge in [-0.2, -0.15) is 0 Å². The summed E-state index contributed by atoms with van der Waals surface area (Å²) in [5.74, 6) is -0.866. The van der Waals surface area contributed by atoms with Crippen molar-refractivity contribution in [1.82, 2.24) is 0 Å². The van der Waals surface area contributed by atoms with Crippen LogP contribution in [0.4, 0.5) is 17.1 Å². The Morgan fingerprint density at radius 2 is 1.93 bits per heavy atom. The lowest BCUT2D eigenvalue weighted by atomic mass is 10.0. The number of carbonyl (C=O) groups is 1. The number of hydrogen-bond donors (Lipinski definition) is 2. The van der Waals surface area contributed by atoms with Crippen LogP contribution in [0.25, 0.3) is 0 Å². The Balaban J connectivity index is 1.96. The summed E-state index contributed by atoms with van der Waals surface area (Å²) < 4.78 is 27.5. The molecule has 1 saturated carbocycles. The number of nitrogens with two attached hydrogens (primary N) is 1. The number of primary amides is 1. The molecule has 30 heavy (non-hydrogen) atoms. The molecule has 3 N–H and O–H groups in total. The number of amides is 1. The van der Waals surface area contributed by atoms with Gasteiger partial charge in [-0.1, -0.05) is 24.6 Å². The Kier molecular flexibility index (Phi) is 6.25. The van der Waals surface area contributed by atoms with E-state index in [1.54, 1.807) is 37.3 Å². The first-order valence-corrected chi connectivity index (χ1v) is 11.1. The van der Waals surface area contributed by atoms with Gasteiger partial charge in [-0.25, -0.2) is 8.42 Å². The Morgan fingerprint density at radius 1 is 1.23 bits per heavy atom. The number of hydrogen-bond acceptors (Lipinski definition) is 6. The van der Waals surface area contributed by atoms with Crippen LogP contribution in [0.1, 0.15) is 26.2 Å². The number of carbonyl (C=O) groups excluding carboxylic acids is 1. The van der Waals surface area contributed by atoms with E-state index >= 15 is 0 Å². The molecular weight excluding hydrogens is 408 g/mol. The predicted molar refractivity (Wildman–Crippen MR) is 114 cm³/mol. The quantitative estimate of drug-likeness (QED) is 0.486. The first-order chi connectivity index (χ1) is 14.3. The van der Waals surface area contributed by atoms with E-state index in [1.165, 1.54) is 16.4 Å². The van der Waals surface area contributed by atoms with Gasteiger partial charge < -0.3 is 11.1 Å². The van der Waals surface area contributed by atoms with Gasteiger partial charge in [-0.3, -0.25) is 19.2 Å². The molecule has 3 rings (SSSR count). The largest absolute Gasteiger partial charge is 0.376 e. The van der Waals surface area contributed by atoms with Crippen LogP contribution < -0.4 is 15.4 Å². The lowest BCUT2D eigenvalue weighted by Crippen LogP contribution is -2.34. The van der Waals surface area contributed by atoms with Crippen molar-refractivity contribution in [1.29, 1.82) is 0 Å². The van der Waals surface area contributed by atoms with Crippen LogP contribution in [0.5, 0.6) is 0 Å². The maximum Gasteiger partial charge on any atom is 0.293 e. The normalized spacial score (nSPS) is 18.7. The molecule has 1 aliphatic carbocycles. The second-order valence-corrected chi connectivity index (χ2v) is 8.99. The molecule has 160 valence electrons. The third-order valence-corrected chi connectivity index (χ3v) is 7.21. The average molecular weight is 433 g/mol. The highest BCUT2D eigenvalue weighted by Crippen LogP contribution is 2.34. The molecule has 0 saturated heterocycles. The van der Waals surface area contributed by atoms with Crippen LogP contribution in [0.15, 0.2) is 53.4 Å². The van der Waals surface area contributed by atoms with E-state index in [0.717, 1.165) is 12.5 Å². The standard InChI is InChI=1S/C20H24N4O5S/c1-2-23(14-7-4-3-5-8-14)30(28,29)15-11-12-18(19(13-15)24(26)27)22-17-10-6-9-16(17)20(21)25/h3-5,7-8,11-13,16-17,22H,2,6,9-10H2,1H3,(H2,21,25). The number of nitro groups is 1. The van der Waals surface area contributed by atoms with E-state index < -0.39 is 26.8 Å². The maximum atomic E-state index is 13.2. The molecule has 1 fully saturated rings. The molecule has 2 atom stereocenters. The highest BCUT2D eigenvalue weighted by molar-refractivity contribution is 7.92. The Labute approximate surface area is 175 Å². The minimum Gasteiger partial charge on any atom is -0.376 e. The van der Waals surface area contributed by atoms with Gasteiger partial charge in [-0.15, -0.1) is 0 Å². The molecule has 2 unspecified atom stereocenters. The number of benzene rings is 2.